The third-order valence-corrected chi connectivity index (χ3v) is 10.2. The third kappa shape index (κ3) is 10.3. The molecule has 0 saturated heterocycles. The molecule has 0 saturated carbocycles. The molecule has 38 heavy (non-hydrogen) atoms. The molecule has 2 heterocycles. The topological polar surface area (TPSA) is 30.5 Å². The van der Waals surface area contributed by atoms with E-state index in [2.05, 4.69) is 69.0 Å². The minimum absolute atomic E-state index is 1.14. The number of rotatable bonds is 21. The lowest BCUT2D eigenvalue weighted by Gasteiger charge is -2.19. The van der Waals surface area contributed by atoms with Crippen molar-refractivity contribution in [1.29, 1.82) is 0 Å². The van der Waals surface area contributed by atoms with Gasteiger partial charge in [-0.3, -0.25) is 0 Å². The molecular formula is C32H50N4S2. The molecule has 0 aliphatic carbocycles. The molecule has 6 heteroatoms. The van der Waals surface area contributed by atoms with Crippen LogP contribution in [0.25, 0.3) is 0 Å². The van der Waals surface area contributed by atoms with E-state index in [1.807, 2.05) is 21.6 Å². The summed E-state index contributed by atoms with van der Waals surface area (Å²) < 4.78 is 0. The number of unbranched alkanes of at least 4 members (excludes halogenated alkanes) is 6. The first-order chi connectivity index (χ1) is 18.9. The van der Waals surface area contributed by atoms with Crippen LogP contribution in [0.15, 0.2) is 48.5 Å². The van der Waals surface area contributed by atoms with Gasteiger partial charge in [0.15, 0.2) is 0 Å². The van der Waals surface area contributed by atoms with Crippen molar-refractivity contribution < 1.29 is 0 Å². The molecule has 0 fully saturated rings. The summed E-state index contributed by atoms with van der Waals surface area (Å²) in [6.07, 6.45) is 13.1. The monoisotopic (exact) mass is 554 g/mol. The number of anilines is 2. The lowest BCUT2D eigenvalue weighted by Crippen LogP contribution is -2.22. The molecule has 0 amide bonds. The highest BCUT2D eigenvalue weighted by atomic mass is 33.1. The Morgan fingerprint density at radius 1 is 0.526 bits per heavy atom. The van der Waals surface area contributed by atoms with Crippen LogP contribution in [0.5, 0.6) is 0 Å². The van der Waals surface area contributed by atoms with Crippen molar-refractivity contribution in [3.63, 3.8) is 0 Å². The standard InChI is InChI=1S/C32H50N4S2/c1(3-11-23-35-25-17-29-13-5-7-15-31(29)35)9-19-33-21-27-37-38-28-22-34-20-10-2-4-12-24-36-26-18-30-14-6-8-16-32(30)36/h5-8,13-16,33-34H,1-4,9-12,17-28H2. The average Bonchev–Trinajstić information content (AvgIpc) is 3.56. The Labute approximate surface area is 240 Å². The Kier molecular flexibility index (Phi) is 14.1. The van der Waals surface area contributed by atoms with Gasteiger partial charge in [0.1, 0.15) is 0 Å². The summed E-state index contributed by atoms with van der Waals surface area (Å²) in [6.45, 7) is 9.49. The van der Waals surface area contributed by atoms with Crippen LogP contribution in [0.3, 0.4) is 0 Å². The number of benzene rings is 2. The second-order valence-electron chi connectivity index (χ2n) is 10.7. The van der Waals surface area contributed by atoms with Gasteiger partial charge in [-0.15, -0.1) is 0 Å². The number of hydrogen-bond acceptors (Lipinski definition) is 6. The average molecular weight is 555 g/mol. The smallest absolute Gasteiger partial charge is 0.0399 e. The number of nitrogens with one attached hydrogen (secondary N) is 2. The number of para-hydroxylation sites is 2. The van der Waals surface area contributed by atoms with E-state index >= 15 is 0 Å². The molecule has 0 aromatic heterocycles. The maximum Gasteiger partial charge on any atom is 0.0399 e. The van der Waals surface area contributed by atoms with Crippen LogP contribution in [0.1, 0.15) is 62.5 Å². The maximum absolute atomic E-state index is 3.63. The Hall–Kier alpha value is -1.34. The number of nitrogens with zero attached hydrogens (tertiary/aromatic N) is 2. The van der Waals surface area contributed by atoms with Crippen molar-refractivity contribution in [3.8, 4) is 0 Å². The van der Waals surface area contributed by atoms with Gasteiger partial charge < -0.3 is 20.4 Å². The first kappa shape index (κ1) is 29.6. The van der Waals surface area contributed by atoms with Gasteiger partial charge in [0.25, 0.3) is 0 Å². The van der Waals surface area contributed by atoms with E-state index in [4.69, 9.17) is 0 Å². The van der Waals surface area contributed by atoms with Crippen LogP contribution in [0.4, 0.5) is 11.4 Å². The largest absolute Gasteiger partial charge is 0.371 e. The number of hydrogen-bond donors (Lipinski definition) is 2. The lowest BCUT2D eigenvalue weighted by atomic mass is 10.1. The van der Waals surface area contributed by atoms with E-state index in [-0.39, 0.29) is 0 Å². The summed E-state index contributed by atoms with van der Waals surface area (Å²) >= 11 is 0. The molecule has 0 spiro atoms. The van der Waals surface area contributed by atoms with E-state index in [0.29, 0.717) is 0 Å². The van der Waals surface area contributed by atoms with Gasteiger partial charge >= 0.3 is 0 Å². The minimum Gasteiger partial charge on any atom is -0.371 e. The van der Waals surface area contributed by atoms with Crippen molar-refractivity contribution in [2.45, 2.75) is 64.2 Å². The van der Waals surface area contributed by atoms with Gasteiger partial charge in [0.2, 0.25) is 0 Å². The van der Waals surface area contributed by atoms with E-state index in [1.54, 1.807) is 0 Å². The number of fused-ring (bicyclic) bond motifs is 2. The Balaban J connectivity index is 0.834. The fraction of sp³-hybridized carbons (Fsp3) is 0.625. The van der Waals surface area contributed by atoms with Crippen LogP contribution in [-0.2, 0) is 12.8 Å². The van der Waals surface area contributed by atoms with Gasteiger partial charge in [-0.2, -0.15) is 0 Å². The first-order valence-corrected chi connectivity index (χ1v) is 17.7. The summed E-state index contributed by atoms with van der Waals surface area (Å²) in [4.78, 5) is 5.16. The maximum atomic E-state index is 3.63. The van der Waals surface area contributed by atoms with Gasteiger partial charge in [0.05, 0.1) is 0 Å². The highest BCUT2D eigenvalue weighted by Gasteiger charge is 2.18. The summed E-state index contributed by atoms with van der Waals surface area (Å²) in [5.74, 6) is 2.42. The van der Waals surface area contributed by atoms with Crippen molar-refractivity contribution in [2.75, 3.05) is 73.7 Å². The van der Waals surface area contributed by atoms with Crippen molar-refractivity contribution in [2.24, 2.45) is 0 Å². The molecule has 2 aliphatic rings. The van der Waals surface area contributed by atoms with E-state index in [1.165, 1.54) is 137 Å². The molecule has 2 aromatic carbocycles. The Bertz CT molecular complexity index is 835. The lowest BCUT2D eigenvalue weighted by molar-refractivity contribution is 0.595. The van der Waals surface area contributed by atoms with Crippen molar-refractivity contribution in [1.82, 2.24) is 10.6 Å². The van der Waals surface area contributed by atoms with Crippen LogP contribution in [0.2, 0.25) is 0 Å². The molecule has 2 N–H and O–H groups in total. The molecule has 4 nitrogen and oxygen atoms in total. The van der Waals surface area contributed by atoms with Crippen molar-refractivity contribution in [3.05, 3.63) is 59.7 Å². The summed E-state index contributed by atoms with van der Waals surface area (Å²) in [7, 11) is 4.04. The zero-order valence-corrected chi connectivity index (χ0v) is 25.1. The second kappa shape index (κ2) is 18.1. The van der Waals surface area contributed by atoms with Crippen LogP contribution >= 0.6 is 21.6 Å². The molecule has 0 bridgehead atoms. The zero-order chi connectivity index (χ0) is 26.1. The molecule has 4 rings (SSSR count). The quantitative estimate of drug-likeness (QED) is 0.130. The van der Waals surface area contributed by atoms with E-state index in [9.17, 15) is 0 Å². The molecule has 2 aromatic rings. The molecule has 0 radical (unpaired) electrons. The predicted molar refractivity (Wildman–Crippen MR) is 172 cm³/mol. The summed E-state index contributed by atoms with van der Waals surface area (Å²) in [5.41, 5.74) is 6.02. The summed E-state index contributed by atoms with van der Waals surface area (Å²) in [6, 6.07) is 17.8. The normalized spacial score (nSPS) is 14.3. The van der Waals surface area contributed by atoms with Gasteiger partial charge in [-0.05, 0) is 74.9 Å². The van der Waals surface area contributed by atoms with Crippen LogP contribution in [-0.4, -0.2) is 63.9 Å². The Morgan fingerprint density at radius 3 is 1.47 bits per heavy atom. The van der Waals surface area contributed by atoms with Crippen LogP contribution in [0, 0.1) is 0 Å². The SMILES string of the molecule is c1ccc2c(c1)CCN2CCCCCCNCCSSCCNCCCCCCN1CCc2ccccc21. The molecule has 210 valence electrons. The highest BCUT2D eigenvalue weighted by molar-refractivity contribution is 8.76. The molecule has 0 atom stereocenters. The van der Waals surface area contributed by atoms with E-state index in [0.717, 1.165) is 13.1 Å². The fourth-order valence-electron chi connectivity index (χ4n) is 5.69. The Morgan fingerprint density at radius 2 is 0.974 bits per heavy atom. The fourth-order valence-corrected chi connectivity index (χ4v) is 7.58. The minimum atomic E-state index is 1.14. The van der Waals surface area contributed by atoms with Gasteiger partial charge in [-0.25, -0.2) is 0 Å². The zero-order valence-electron chi connectivity index (χ0n) is 23.5. The van der Waals surface area contributed by atoms with E-state index < -0.39 is 0 Å². The molecule has 2 aliphatic heterocycles. The first-order valence-electron chi connectivity index (χ1n) is 15.2. The molecular weight excluding hydrogens is 505 g/mol. The third-order valence-electron chi connectivity index (χ3n) is 7.84. The second-order valence-corrected chi connectivity index (χ2v) is 13.4. The van der Waals surface area contributed by atoms with Crippen molar-refractivity contribution >= 4 is 33.0 Å². The predicted octanol–water partition coefficient (Wildman–Crippen LogP) is 6.79. The highest BCUT2D eigenvalue weighted by Crippen LogP contribution is 2.28. The van der Waals surface area contributed by atoms with Gasteiger partial charge in [0, 0.05) is 62.1 Å². The summed E-state index contributed by atoms with van der Waals surface area (Å²) in [5, 5.41) is 7.25. The molecule has 0 unspecified atom stereocenters. The van der Waals surface area contributed by atoms with Gasteiger partial charge in [-0.1, -0.05) is 83.7 Å². The van der Waals surface area contributed by atoms with Crippen LogP contribution < -0.4 is 20.4 Å².